The smallest absolute Gasteiger partial charge is 0.212 e. The van der Waals surface area contributed by atoms with Crippen LogP contribution in [-0.2, 0) is 4.74 Å². The topological polar surface area (TPSA) is 21.6 Å². The fraction of sp³-hybridized carbons (Fsp3) is 0.250. The van der Waals surface area contributed by atoms with E-state index >= 15 is 0 Å². The van der Waals surface area contributed by atoms with Crippen molar-refractivity contribution in [1.29, 1.82) is 0 Å². The summed E-state index contributed by atoms with van der Waals surface area (Å²) in [4.78, 5) is 4.94. The van der Waals surface area contributed by atoms with Crippen LogP contribution in [0.1, 0.15) is 43.5 Å². The van der Waals surface area contributed by atoms with Gasteiger partial charge in [-0.1, -0.05) is 54.6 Å². The fourth-order valence-corrected chi connectivity index (χ4v) is 2.89. The van der Waals surface area contributed by atoms with Crippen molar-refractivity contribution in [2.75, 3.05) is 6.61 Å². The molecule has 1 aliphatic rings. The van der Waals surface area contributed by atoms with Crippen molar-refractivity contribution in [3.05, 3.63) is 76.9 Å². The molecular formula is C20H21NO. The summed E-state index contributed by atoms with van der Waals surface area (Å²) in [7, 11) is 0. The van der Waals surface area contributed by atoms with E-state index in [-0.39, 0.29) is 6.04 Å². The van der Waals surface area contributed by atoms with Gasteiger partial charge in [-0.25, -0.2) is 4.99 Å². The molecule has 1 heterocycles. The Hall–Kier alpha value is -2.35. The second-order valence-corrected chi connectivity index (χ2v) is 5.52. The van der Waals surface area contributed by atoms with Gasteiger partial charge in [0, 0.05) is 5.57 Å². The van der Waals surface area contributed by atoms with Gasteiger partial charge in [-0.3, -0.25) is 0 Å². The Morgan fingerprint density at radius 3 is 2.32 bits per heavy atom. The number of aliphatic imine (C=N–C) groups is 1. The van der Waals surface area contributed by atoms with Crippen LogP contribution in [-0.4, -0.2) is 12.5 Å². The van der Waals surface area contributed by atoms with Crippen LogP contribution in [0.3, 0.4) is 0 Å². The minimum atomic E-state index is -0.0219. The lowest BCUT2D eigenvalue weighted by Gasteiger charge is -2.16. The van der Waals surface area contributed by atoms with Crippen molar-refractivity contribution >= 4 is 11.5 Å². The quantitative estimate of drug-likeness (QED) is 0.761. The highest BCUT2D eigenvalue weighted by Crippen LogP contribution is 2.36. The Kier molecular flexibility index (Phi) is 4.10. The highest BCUT2D eigenvalue weighted by Gasteiger charge is 2.23. The number of benzene rings is 2. The molecule has 2 aromatic rings. The number of rotatable bonds is 2. The molecule has 0 aromatic heterocycles. The van der Waals surface area contributed by atoms with Gasteiger partial charge >= 0.3 is 0 Å². The van der Waals surface area contributed by atoms with Gasteiger partial charge < -0.3 is 4.74 Å². The molecule has 0 bridgehead atoms. The van der Waals surface area contributed by atoms with Crippen LogP contribution < -0.4 is 0 Å². The highest BCUT2D eigenvalue weighted by atomic mass is 16.5. The zero-order valence-corrected chi connectivity index (χ0v) is 13.3. The summed E-state index contributed by atoms with van der Waals surface area (Å²) in [5.74, 6) is 0.755. The largest absolute Gasteiger partial charge is 0.478 e. The lowest BCUT2D eigenvalue weighted by Crippen LogP contribution is -2.08. The Balaban J connectivity index is 2.22. The second kappa shape index (κ2) is 6.18. The standard InChI is InChI=1S/C20H21NO/c1-4-22-20-15(3)14(2)17-12-8-9-13-18(17)19(21-20)16-10-6-5-7-11-16/h5-13,19H,4H2,1-3H3. The first-order valence-electron chi connectivity index (χ1n) is 7.75. The van der Waals surface area contributed by atoms with Crippen molar-refractivity contribution in [2.24, 2.45) is 4.99 Å². The van der Waals surface area contributed by atoms with Crippen LogP contribution in [0.5, 0.6) is 0 Å². The molecule has 2 aromatic carbocycles. The summed E-state index contributed by atoms with van der Waals surface area (Å²) in [5, 5.41) is 0. The SMILES string of the molecule is CCOC1=NC(c2ccccc2)c2ccccc2C(C)=C1C. The van der Waals surface area contributed by atoms with Crippen molar-refractivity contribution in [1.82, 2.24) is 0 Å². The number of hydrogen-bond donors (Lipinski definition) is 0. The summed E-state index contributed by atoms with van der Waals surface area (Å²) in [6, 6.07) is 18.9. The van der Waals surface area contributed by atoms with Gasteiger partial charge in [-0.05, 0) is 43.0 Å². The maximum absolute atomic E-state index is 5.82. The second-order valence-electron chi connectivity index (χ2n) is 5.52. The molecule has 2 heteroatoms. The summed E-state index contributed by atoms with van der Waals surface area (Å²) < 4.78 is 5.82. The van der Waals surface area contributed by atoms with Crippen LogP contribution in [0.2, 0.25) is 0 Å². The molecule has 0 aliphatic carbocycles. The first-order chi connectivity index (χ1) is 10.7. The van der Waals surface area contributed by atoms with Gasteiger partial charge in [0.15, 0.2) is 0 Å². The minimum Gasteiger partial charge on any atom is -0.478 e. The molecule has 112 valence electrons. The van der Waals surface area contributed by atoms with E-state index in [0.717, 1.165) is 11.5 Å². The van der Waals surface area contributed by atoms with Crippen LogP contribution >= 0.6 is 0 Å². The average Bonchev–Trinajstić information content (AvgIpc) is 2.67. The van der Waals surface area contributed by atoms with Crippen LogP contribution in [0, 0.1) is 0 Å². The molecule has 0 fully saturated rings. The van der Waals surface area contributed by atoms with Crippen LogP contribution in [0.4, 0.5) is 0 Å². The van der Waals surface area contributed by atoms with Crippen molar-refractivity contribution in [3.8, 4) is 0 Å². The molecule has 0 saturated carbocycles. The summed E-state index contributed by atoms with van der Waals surface area (Å²) in [6.07, 6.45) is 0. The Bertz CT molecular complexity index is 728. The molecule has 0 radical (unpaired) electrons. The fourth-order valence-electron chi connectivity index (χ4n) is 2.89. The van der Waals surface area contributed by atoms with Crippen molar-refractivity contribution in [3.63, 3.8) is 0 Å². The predicted molar refractivity (Wildman–Crippen MR) is 92.1 cm³/mol. The van der Waals surface area contributed by atoms with Gasteiger partial charge in [-0.2, -0.15) is 0 Å². The third-order valence-corrected chi connectivity index (χ3v) is 4.19. The third kappa shape index (κ3) is 2.57. The number of fused-ring (bicyclic) bond motifs is 1. The van der Waals surface area contributed by atoms with E-state index in [4.69, 9.17) is 9.73 Å². The number of allylic oxidation sites excluding steroid dienone is 1. The van der Waals surface area contributed by atoms with E-state index in [2.05, 4.69) is 62.4 Å². The van der Waals surface area contributed by atoms with Gasteiger partial charge in [0.2, 0.25) is 5.90 Å². The minimum absolute atomic E-state index is 0.0219. The number of nitrogens with zero attached hydrogens (tertiary/aromatic N) is 1. The highest BCUT2D eigenvalue weighted by molar-refractivity contribution is 6.02. The van der Waals surface area contributed by atoms with E-state index in [1.807, 2.05) is 13.0 Å². The predicted octanol–water partition coefficient (Wildman–Crippen LogP) is 5.02. The Morgan fingerprint density at radius 1 is 0.909 bits per heavy atom. The summed E-state index contributed by atoms with van der Waals surface area (Å²) in [5.41, 5.74) is 6.04. The molecule has 1 unspecified atom stereocenters. The normalized spacial score (nSPS) is 17.6. The molecule has 0 amide bonds. The number of hydrogen-bond acceptors (Lipinski definition) is 2. The van der Waals surface area contributed by atoms with Crippen LogP contribution in [0.25, 0.3) is 5.57 Å². The number of ether oxygens (including phenoxy) is 1. The van der Waals surface area contributed by atoms with E-state index in [9.17, 15) is 0 Å². The molecular weight excluding hydrogens is 270 g/mol. The first-order valence-corrected chi connectivity index (χ1v) is 7.75. The van der Waals surface area contributed by atoms with Crippen LogP contribution in [0.15, 0.2) is 65.2 Å². The van der Waals surface area contributed by atoms with E-state index < -0.39 is 0 Å². The van der Waals surface area contributed by atoms with Gasteiger partial charge in [0.05, 0.1) is 6.61 Å². The zero-order valence-electron chi connectivity index (χ0n) is 13.3. The zero-order chi connectivity index (χ0) is 15.5. The maximum Gasteiger partial charge on any atom is 0.212 e. The maximum atomic E-state index is 5.82. The Morgan fingerprint density at radius 2 is 1.59 bits per heavy atom. The van der Waals surface area contributed by atoms with E-state index in [1.54, 1.807) is 0 Å². The van der Waals surface area contributed by atoms with Crippen molar-refractivity contribution < 1.29 is 4.74 Å². The molecule has 2 nitrogen and oxygen atoms in total. The summed E-state index contributed by atoms with van der Waals surface area (Å²) in [6.45, 7) is 6.87. The summed E-state index contributed by atoms with van der Waals surface area (Å²) >= 11 is 0. The average molecular weight is 291 g/mol. The molecule has 0 spiro atoms. The monoisotopic (exact) mass is 291 g/mol. The molecule has 0 N–H and O–H groups in total. The van der Waals surface area contributed by atoms with Gasteiger partial charge in [0.25, 0.3) is 0 Å². The van der Waals surface area contributed by atoms with E-state index in [1.165, 1.54) is 22.3 Å². The molecule has 0 saturated heterocycles. The third-order valence-electron chi connectivity index (χ3n) is 4.19. The Labute approximate surface area is 132 Å². The molecule has 3 rings (SSSR count). The molecule has 22 heavy (non-hydrogen) atoms. The lowest BCUT2D eigenvalue weighted by atomic mass is 9.91. The van der Waals surface area contributed by atoms with Gasteiger partial charge in [0.1, 0.15) is 6.04 Å². The van der Waals surface area contributed by atoms with Crippen molar-refractivity contribution in [2.45, 2.75) is 26.8 Å². The van der Waals surface area contributed by atoms with Gasteiger partial charge in [-0.15, -0.1) is 0 Å². The van der Waals surface area contributed by atoms with E-state index in [0.29, 0.717) is 6.61 Å². The molecule has 1 atom stereocenters. The lowest BCUT2D eigenvalue weighted by molar-refractivity contribution is 0.325. The first kappa shape index (κ1) is 14.6. The molecule has 1 aliphatic heterocycles.